The first kappa shape index (κ1) is 12.3. The zero-order valence-corrected chi connectivity index (χ0v) is 8.94. The lowest BCUT2D eigenvalue weighted by atomic mass is 10.2. The quantitative estimate of drug-likeness (QED) is 0.332. The van der Waals surface area contributed by atoms with Crippen LogP contribution in [-0.4, -0.2) is 29.3 Å². The van der Waals surface area contributed by atoms with Crippen LogP contribution < -0.4 is 11.1 Å². The van der Waals surface area contributed by atoms with Crippen LogP contribution in [0, 0.1) is 0 Å². The van der Waals surface area contributed by atoms with Crippen LogP contribution in [0.4, 0.5) is 5.69 Å². The molecular weight excluding hydrogens is 208 g/mol. The van der Waals surface area contributed by atoms with Crippen LogP contribution in [-0.2, 0) is 0 Å². The Morgan fingerprint density at radius 1 is 1.38 bits per heavy atom. The van der Waals surface area contributed by atoms with Crippen molar-refractivity contribution in [2.24, 2.45) is 0 Å². The summed E-state index contributed by atoms with van der Waals surface area (Å²) >= 11 is 0. The summed E-state index contributed by atoms with van der Waals surface area (Å²) in [7, 11) is 0. The van der Waals surface area contributed by atoms with Crippen molar-refractivity contribution < 1.29 is 15.0 Å². The maximum Gasteiger partial charge on any atom is 0.251 e. The van der Waals surface area contributed by atoms with Crippen molar-refractivity contribution in [2.45, 2.75) is 12.8 Å². The molecule has 0 atom stereocenters. The Labute approximate surface area is 93.9 Å². The van der Waals surface area contributed by atoms with Crippen molar-refractivity contribution >= 4 is 11.6 Å². The Bertz CT molecular complexity index is 366. The van der Waals surface area contributed by atoms with Gasteiger partial charge in [-0.25, -0.2) is 0 Å². The van der Waals surface area contributed by atoms with Crippen molar-refractivity contribution in [3.05, 3.63) is 23.8 Å². The summed E-state index contributed by atoms with van der Waals surface area (Å²) in [4.78, 5) is 11.5. The Kier molecular flexibility index (Phi) is 4.60. The van der Waals surface area contributed by atoms with E-state index in [0.29, 0.717) is 18.5 Å². The Morgan fingerprint density at radius 3 is 2.75 bits per heavy atom. The molecule has 5 heteroatoms. The van der Waals surface area contributed by atoms with Crippen molar-refractivity contribution in [2.75, 3.05) is 18.9 Å². The van der Waals surface area contributed by atoms with Gasteiger partial charge in [-0.15, -0.1) is 0 Å². The number of nitrogens with one attached hydrogen (secondary N) is 1. The molecule has 1 aromatic rings. The summed E-state index contributed by atoms with van der Waals surface area (Å²) in [6.07, 6.45) is 1.39. The van der Waals surface area contributed by atoms with Crippen molar-refractivity contribution in [1.82, 2.24) is 5.32 Å². The minimum Gasteiger partial charge on any atom is -0.506 e. The van der Waals surface area contributed by atoms with E-state index in [9.17, 15) is 9.90 Å². The third-order valence-electron chi connectivity index (χ3n) is 2.16. The summed E-state index contributed by atoms with van der Waals surface area (Å²) in [6, 6.07) is 4.37. The number of phenolic OH excluding ortho intramolecular Hbond substituents is 1. The zero-order valence-electron chi connectivity index (χ0n) is 8.94. The van der Waals surface area contributed by atoms with Gasteiger partial charge < -0.3 is 21.3 Å². The number of hydrogen-bond donors (Lipinski definition) is 4. The molecule has 1 rings (SSSR count). The van der Waals surface area contributed by atoms with Gasteiger partial charge in [0.25, 0.3) is 5.91 Å². The largest absolute Gasteiger partial charge is 0.506 e. The molecule has 0 unspecified atom stereocenters. The highest BCUT2D eigenvalue weighted by Gasteiger charge is 2.06. The van der Waals surface area contributed by atoms with E-state index in [1.54, 1.807) is 6.07 Å². The number of unbranched alkanes of at least 4 members (excludes halogenated alkanes) is 1. The molecule has 88 valence electrons. The van der Waals surface area contributed by atoms with Gasteiger partial charge >= 0.3 is 0 Å². The van der Waals surface area contributed by atoms with Crippen LogP contribution in [0.1, 0.15) is 23.2 Å². The number of aliphatic hydroxyl groups excluding tert-OH is 1. The van der Waals surface area contributed by atoms with E-state index in [1.807, 2.05) is 0 Å². The maximum absolute atomic E-state index is 11.5. The predicted octanol–water partition coefficient (Wildman–Crippen LogP) is 0.477. The first-order chi connectivity index (χ1) is 7.65. The van der Waals surface area contributed by atoms with Gasteiger partial charge in [0.05, 0.1) is 5.69 Å². The van der Waals surface area contributed by atoms with Gasteiger partial charge in [-0.3, -0.25) is 4.79 Å². The van der Waals surface area contributed by atoms with E-state index in [1.165, 1.54) is 12.1 Å². The fraction of sp³-hybridized carbons (Fsp3) is 0.364. The predicted molar refractivity (Wildman–Crippen MR) is 61.2 cm³/mol. The second-order valence-corrected chi connectivity index (χ2v) is 3.46. The number of nitrogen functional groups attached to an aromatic ring is 1. The molecule has 0 aromatic heterocycles. The molecule has 0 fully saturated rings. The van der Waals surface area contributed by atoms with Gasteiger partial charge in [0.2, 0.25) is 0 Å². The van der Waals surface area contributed by atoms with Crippen LogP contribution in [0.15, 0.2) is 18.2 Å². The van der Waals surface area contributed by atoms with Gasteiger partial charge in [-0.2, -0.15) is 0 Å². The molecule has 0 saturated carbocycles. The lowest BCUT2D eigenvalue weighted by molar-refractivity contribution is 0.0951. The zero-order chi connectivity index (χ0) is 12.0. The topological polar surface area (TPSA) is 95.6 Å². The Hall–Kier alpha value is -1.75. The van der Waals surface area contributed by atoms with Crippen molar-refractivity contribution in [3.63, 3.8) is 0 Å². The SMILES string of the molecule is Nc1ccc(C(=O)NCCCCO)cc1O. The number of nitrogens with two attached hydrogens (primary N) is 1. The molecule has 0 radical (unpaired) electrons. The number of aromatic hydroxyl groups is 1. The fourth-order valence-electron chi connectivity index (χ4n) is 1.23. The lowest BCUT2D eigenvalue weighted by Crippen LogP contribution is -2.24. The van der Waals surface area contributed by atoms with E-state index in [2.05, 4.69) is 5.32 Å². The third kappa shape index (κ3) is 3.43. The lowest BCUT2D eigenvalue weighted by Gasteiger charge is -2.05. The number of benzene rings is 1. The number of anilines is 1. The molecule has 0 heterocycles. The maximum atomic E-state index is 11.5. The Balaban J connectivity index is 2.50. The number of amides is 1. The van der Waals surface area contributed by atoms with Gasteiger partial charge in [-0.05, 0) is 31.0 Å². The molecule has 0 bridgehead atoms. The molecule has 5 nitrogen and oxygen atoms in total. The highest BCUT2D eigenvalue weighted by Crippen LogP contribution is 2.20. The van der Waals surface area contributed by atoms with Crippen molar-refractivity contribution in [1.29, 1.82) is 0 Å². The van der Waals surface area contributed by atoms with E-state index in [0.717, 1.165) is 6.42 Å². The highest BCUT2D eigenvalue weighted by molar-refractivity contribution is 5.95. The molecule has 0 saturated heterocycles. The average molecular weight is 224 g/mol. The van der Waals surface area contributed by atoms with E-state index < -0.39 is 0 Å². The van der Waals surface area contributed by atoms with Gasteiger partial charge in [-0.1, -0.05) is 0 Å². The standard InChI is InChI=1S/C11H16N2O3/c12-9-4-3-8(7-10(9)15)11(16)13-5-1-2-6-14/h3-4,7,14-15H,1-2,5-6,12H2,(H,13,16). The molecule has 5 N–H and O–H groups in total. The van der Waals surface area contributed by atoms with Crippen LogP contribution in [0.2, 0.25) is 0 Å². The molecule has 0 aliphatic carbocycles. The van der Waals surface area contributed by atoms with Gasteiger partial charge in [0.1, 0.15) is 5.75 Å². The van der Waals surface area contributed by atoms with E-state index >= 15 is 0 Å². The second-order valence-electron chi connectivity index (χ2n) is 3.46. The van der Waals surface area contributed by atoms with Crippen LogP contribution in [0.3, 0.4) is 0 Å². The molecular formula is C11H16N2O3. The summed E-state index contributed by atoms with van der Waals surface area (Å²) in [6.45, 7) is 0.628. The normalized spacial score (nSPS) is 10.1. The molecule has 0 aliphatic rings. The summed E-state index contributed by atoms with van der Waals surface area (Å²) in [5.74, 6) is -0.351. The molecule has 1 amide bonds. The van der Waals surface area contributed by atoms with Crippen LogP contribution in [0.25, 0.3) is 0 Å². The minimum atomic E-state index is -0.256. The number of carbonyl (C=O) groups excluding carboxylic acids is 1. The number of phenols is 1. The number of aliphatic hydroxyl groups is 1. The third-order valence-corrected chi connectivity index (χ3v) is 2.16. The number of hydrogen-bond acceptors (Lipinski definition) is 4. The van der Waals surface area contributed by atoms with E-state index in [-0.39, 0.29) is 24.0 Å². The number of carbonyl (C=O) groups is 1. The summed E-state index contributed by atoms with van der Waals surface area (Å²) in [5, 5.41) is 20.6. The van der Waals surface area contributed by atoms with E-state index in [4.69, 9.17) is 10.8 Å². The number of rotatable bonds is 5. The fourth-order valence-corrected chi connectivity index (χ4v) is 1.23. The Morgan fingerprint density at radius 2 is 2.12 bits per heavy atom. The monoisotopic (exact) mass is 224 g/mol. The van der Waals surface area contributed by atoms with Crippen LogP contribution in [0.5, 0.6) is 5.75 Å². The van der Waals surface area contributed by atoms with Crippen LogP contribution >= 0.6 is 0 Å². The molecule has 16 heavy (non-hydrogen) atoms. The highest BCUT2D eigenvalue weighted by atomic mass is 16.3. The first-order valence-corrected chi connectivity index (χ1v) is 5.12. The van der Waals surface area contributed by atoms with Gasteiger partial charge in [0.15, 0.2) is 0 Å². The van der Waals surface area contributed by atoms with Gasteiger partial charge in [0, 0.05) is 18.7 Å². The molecule has 0 spiro atoms. The second kappa shape index (κ2) is 5.97. The summed E-state index contributed by atoms with van der Waals surface area (Å²) < 4.78 is 0. The minimum absolute atomic E-state index is 0.0944. The smallest absolute Gasteiger partial charge is 0.251 e. The summed E-state index contributed by atoms with van der Waals surface area (Å²) in [5.41, 5.74) is 6.04. The molecule has 1 aromatic carbocycles. The van der Waals surface area contributed by atoms with Crippen molar-refractivity contribution in [3.8, 4) is 5.75 Å². The average Bonchev–Trinajstić information content (AvgIpc) is 2.28. The molecule has 0 aliphatic heterocycles. The first-order valence-electron chi connectivity index (χ1n) is 5.12.